The van der Waals surface area contributed by atoms with Crippen LogP contribution in [0.2, 0.25) is 0 Å². The third-order valence-electron chi connectivity index (χ3n) is 4.14. The Kier molecular flexibility index (Phi) is 6.02. The van der Waals surface area contributed by atoms with E-state index in [1.807, 2.05) is 0 Å². The number of rotatable bonds is 9. The average Bonchev–Trinajstić information content (AvgIpc) is 3.16. The van der Waals surface area contributed by atoms with Gasteiger partial charge in [-0.3, -0.25) is 10.1 Å². The molecule has 2 fully saturated rings. The summed E-state index contributed by atoms with van der Waals surface area (Å²) >= 11 is 0. The lowest BCUT2D eigenvalue weighted by Crippen LogP contribution is -2.52. The Morgan fingerprint density at radius 2 is 2.05 bits per heavy atom. The lowest BCUT2D eigenvalue weighted by atomic mass is 9.97. The molecule has 0 aromatic carbocycles. The molecule has 0 aromatic heterocycles. The highest BCUT2D eigenvalue weighted by molar-refractivity contribution is 5.81. The SMILES string of the molecule is COC(=O)C1(NC2CC2)CCC(OCCOCC(C)C)C1. The van der Waals surface area contributed by atoms with E-state index in [-0.39, 0.29) is 12.1 Å². The fourth-order valence-electron chi connectivity index (χ4n) is 2.92. The van der Waals surface area contributed by atoms with Gasteiger partial charge in [0.15, 0.2) is 0 Å². The van der Waals surface area contributed by atoms with Gasteiger partial charge in [0.05, 0.1) is 26.4 Å². The van der Waals surface area contributed by atoms with E-state index in [0.717, 1.165) is 32.3 Å². The van der Waals surface area contributed by atoms with Gasteiger partial charge in [-0.2, -0.15) is 0 Å². The average molecular weight is 299 g/mol. The summed E-state index contributed by atoms with van der Waals surface area (Å²) in [5, 5.41) is 3.48. The molecule has 122 valence electrons. The zero-order chi connectivity index (χ0) is 15.3. The number of esters is 1. The van der Waals surface area contributed by atoms with E-state index in [1.54, 1.807) is 0 Å². The molecule has 0 aliphatic heterocycles. The maximum Gasteiger partial charge on any atom is 0.326 e. The third-order valence-corrected chi connectivity index (χ3v) is 4.14. The summed E-state index contributed by atoms with van der Waals surface area (Å²) in [5.41, 5.74) is -0.528. The highest BCUT2D eigenvalue weighted by atomic mass is 16.5. The molecule has 0 bridgehead atoms. The number of hydrogen-bond acceptors (Lipinski definition) is 5. The van der Waals surface area contributed by atoms with E-state index in [4.69, 9.17) is 14.2 Å². The van der Waals surface area contributed by atoms with Crippen LogP contribution in [0.5, 0.6) is 0 Å². The van der Waals surface area contributed by atoms with Gasteiger partial charge in [0, 0.05) is 19.1 Å². The second-order valence-corrected chi connectivity index (χ2v) is 6.70. The fourth-order valence-corrected chi connectivity index (χ4v) is 2.92. The van der Waals surface area contributed by atoms with Crippen molar-refractivity contribution in [3.05, 3.63) is 0 Å². The lowest BCUT2D eigenvalue weighted by molar-refractivity contribution is -0.149. The summed E-state index contributed by atoms with van der Waals surface area (Å²) in [6.07, 6.45) is 4.85. The summed E-state index contributed by atoms with van der Waals surface area (Å²) in [6.45, 7) is 6.25. The fraction of sp³-hybridized carbons (Fsp3) is 0.938. The molecule has 0 saturated heterocycles. The van der Waals surface area contributed by atoms with E-state index in [1.165, 1.54) is 7.11 Å². The molecule has 2 saturated carbocycles. The molecular weight excluding hydrogens is 270 g/mol. The van der Waals surface area contributed by atoms with Gasteiger partial charge in [0.1, 0.15) is 5.54 Å². The van der Waals surface area contributed by atoms with Gasteiger partial charge in [0.2, 0.25) is 0 Å². The first-order valence-corrected chi connectivity index (χ1v) is 8.11. The van der Waals surface area contributed by atoms with Crippen LogP contribution in [0.25, 0.3) is 0 Å². The molecule has 0 amide bonds. The Bertz CT molecular complexity index is 343. The number of hydrogen-bond donors (Lipinski definition) is 1. The summed E-state index contributed by atoms with van der Waals surface area (Å²) in [7, 11) is 1.46. The summed E-state index contributed by atoms with van der Waals surface area (Å²) in [4.78, 5) is 12.1. The quantitative estimate of drug-likeness (QED) is 0.520. The van der Waals surface area contributed by atoms with Gasteiger partial charge in [-0.1, -0.05) is 13.8 Å². The molecule has 0 heterocycles. The Morgan fingerprint density at radius 1 is 1.29 bits per heavy atom. The summed E-state index contributed by atoms with van der Waals surface area (Å²) < 4.78 is 16.4. The Morgan fingerprint density at radius 3 is 2.67 bits per heavy atom. The second-order valence-electron chi connectivity index (χ2n) is 6.70. The maximum atomic E-state index is 12.1. The molecule has 2 rings (SSSR count). The van der Waals surface area contributed by atoms with Gasteiger partial charge in [-0.25, -0.2) is 0 Å². The van der Waals surface area contributed by atoms with Crippen molar-refractivity contribution in [3.63, 3.8) is 0 Å². The topological polar surface area (TPSA) is 56.8 Å². The Balaban J connectivity index is 1.73. The normalized spacial score (nSPS) is 29.0. The van der Waals surface area contributed by atoms with Crippen LogP contribution in [0, 0.1) is 5.92 Å². The van der Waals surface area contributed by atoms with Crippen molar-refractivity contribution >= 4 is 5.97 Å². The zero-order valence-corrected chi connectivity index (χ0v) is 13.5. The van der Waals surface area contributed by atoms with Crippen LogP contribution < -0.4 is 5.32 Å². The van der Waals surface area contributed by atoms with Gasteiger partial charge in [-0.05, 0) is 31.6 Å². The van der Waals surface area contributed by atoms with Crippen molar-refractivity contribution in [1.82, 2.24) is 5.32 Å². The van der Waals surface area contributed by atoms with Crippen LogP contribution in [0.1, 0.15) is 46.0 Å². The van der Waals surface area contributed by atoms with Crippen molar-refractivity contribution in [1.29, 1.82) is 0 Å². The zero-order valence-electron chi connectivity index (χ0n) is 13.5. The van der Waals surface area contributed by atoms with Crippen LogP contribution in [-0.4, -0.2) is 50.6 Å². The summed E-state index contributed by atoms with van der Waals surface area (Å²) in [6, 6.07) is 0.484. The molecule has 21 heavy (non-hydrogen) atoms. The molecular formula is C16H29NO4. The Hall–Kier alpha value is -0.650. The minimum absolute atomic E-state index is 0.123. The molecule has 5 nitrogen and oxygen atoms in total. The smallest absolute Gasteiger partial charge is 0.326 e. The highest BCUT2D eigenvalue weighted by Gasteiger charge is 2.49. The molecule has 2 aliphatic carbocycles. The number of methoxy groups -OCH3 is 1. The number of ether oxygens (including phenoxy) is 3. The first kappa shape index (κ1) is 16.7. The predicted molar refractivity (Wildman–Crippen MR) is 80.2 cm³/mol. The minimum Gasteiger partial charge on any atom is -0.468 e. The molecule has 0 aromatic rings. The van der Waals surface area contributed by atoms with Crippen LogP contribution in [-0.2, 0) is 19.0 Å². The number of carbonyl (C=O) groups excluding carboxylic acids is 1. The molecule has 5 heteroatoms. The maximum absolute atomic E-state index is 12.1. The first-order chi connectivity index (χ1) is 10.1. The van der Waals surface area contributed by atoms with Crippen molar-refractivity contribution in [2.24, 2.45) is 5.92 Å². The Labute approximate surface area is 127 Å². The van der Waals surface area contributed by atoms with Crippen molar-refractivity contribution < 1.29 is 19.0 Å². The largest absolute Gasteiger partial charge is 0.468 e. The molecule has 0 spiro atoms. The monoisotopic (exact) mass is 299 g/mol. The van der Waals surface area contributed by atoms with Crippen LogP contribution >= 0.6 is 0 Å². The van der Waals surface area contributed by atoms with Gasteiger partial charge < -0.3 is 14.2 Å². The van der Waals surface area contributed by atoms with E-state index in [0.29, 0.717) is 31.6 Å². The standard InChI is InChI=1S/C16H29NO4/c1-12(2)11-20-8-9-21-14-6-7-16(10-14,15(18)19-3)17-13-4-5-13/h12-14,17H,4-11H2,1-3H3. The first-order valence-electron chi connectivity index (χ1n) is 8.11. The molecule has 2 aliphatic rings. The molecule has 0 radical (unpaired) electrons. The number of nitrogens with one attached hydrogen (secondary N) is 1. The van der Waals surface area contributed by atoms with E-state index in [9.17, 15) is 4.79 Å². The summed E-state index contributed by atoms with van der Waals surface area (Å²) in [5.74, 6) is 0.405. The second kappa shape index (κ2) is 7.56. The van der Waals surface area contributed by atoms with Crippen molar-refractivity contribution in [2.75, 3.05) is 26.9 Å². The van der Waals surface area contributed by atoms with Gasteiger partial charge >= 0.3 is 5.97 Å². The predicted octanol–water partition coefficient (Wildman–Crippen LogP) is 1.89. The van der Waals surface area contributed by atoms with Crippen LogP contribution in [0.15, 0.2) is 0 Å². The van der Waals surface area contributed by atoms with E-state index >= 15 is 0 Å². The van der Waals surface area contributed by atoms with Gasteiger partial charge in [-0.15, -0.1) is 0 Å². The van der Waals surface area contributed by atoms with Gasteiger partial charge in [0.25, 0.3) is 0 Å². The minimum atomic E-state index is -0.528. The van der Waals surface area contributed by atoms with Crippen molar-refractivity contribution in [3.8, 4) is 0 Å². The van der Waals surface area contributed by atoms with Crippen LogP contribution in [0.4, 0.5) is 0 Å². The lowest BCUT2D eigenvalue weighted by Gasteiger charge is -2.27. The third kappa shape index (κ3) is 4.94. The molecule has 2 unspecified atom stereocenters. The molecule has 2 atom stereocenters. The highest BCUT2D eigenvalue weighted by Crippen LogP contribution is 2.36. The van der Waals surface area contributed by atoms with E-state index < -0.39 is 5.54 Å². The number of carbonyl (C=O) groups is 1. The van der Waals surface area contributed by atoms with Crippen LogP contribution in [0.3, 0.4) is 0 Å². The molecule has 1 N–H and O–H groups in total. The van der Waals surface area contributed by atoms with Crippen molar-refractivity contribution in [2.45, 2.75) is 63.6 Å². The van der Waals surface area contributed by atoms with E-state index in [2.05, 4.69) is 19.2 Å².